The Labute approximate surface area is 190 Å². The van der Waals surface area contributed by atoms with Gasteiger partial charge in [0.25, 0.3) is 5.69 Å². The van der Waals surface area contributed by atoms with Crippen LogP contribution in [0.5, 0.6) is 0 Å². The van der Waals surface area contributed by atoms with Gasteiger partial charge in [-0.1, -0.05) is 20.8 Å². The van der Waals surface area contributed by atoms with Gasteiger partial charge in [0.1, 0.15) is 5.69 Å². The van der Waals surface area contributed by atoms with E-state index in [4.69, 9.17) is 0 Å². The van der Waals surface area contributed by atoms with E-state index in [1.165, 1.54) is 0 Å². The number of carbonyl (C=O) groups excluding carboxylic acids is 2. The summed E-state index contributed by atoms with van der Waals surface area (Å²) in [5, 5.41) is 11.4. The number of anilines is 1. The van der Waals surface area contributed by atoms with Crippen LogP contribution in [-0.2, 0) is 15.8 Å². The highest BCUT2D eigenvalue weighted by molar-refractivity contribution is 5.83. The average Bonchev–Trinajstić information content (AvgIpc) is 2.76. The van der Waals surface area contributed by atoms with Crippen molar-refractivity contribution in [2.75, 3.05) is 44.2 Å². The van der Waals surface area contributed by atoms with Crippen LogP contribution in [0.1, 0.15) is 39.2 Å². The van der Waals surface area contributed by atoms with Gasteiger partial charge in [0, 0.05) is 56.7 Å². The van der Waals surface area contributed by atoms with E-state index in [1.807, 2.05) is 20.8 Å². The summed E-state index contributed by atoms with van der Waals surface area (Å²) in [6.45, 7) is 8.16. The number of halogens is 3. The van der Waals surface area contributed by atoms with Crippen LogP contribution in [0.4, 0.5) is 24.5 Å². The van der Waals surface area contributed by atoms with Crippen molar-refractivity contribution in [1.29, 1.82) is 0 Å². The molecule has 2 aliphatic rings. The molecule has 2 fully saturated rings. The van der Waals surface area contributed by atoms with E-state index in [0.717, 1.165) is 12.1 Å². The lowest BCUT2D eigenvalue weighted by Gasteiger charge is -2.40. The number of nitrogens with zero attached hydrogens (tertiary/aromatic N) is 4. The average molecular weight is 470 g/mol. The number of benzene rings is 1. The minimum atomic E-state index is -4.66. The molecule has 2 amide bonds. The molecule has 0 N–H and O–H groups in total. The summed E-state index contributed by atoms with van der Waals surface area (Å²) >= 11 is 0. The van der Waals surface area contributed by atoms with Gasteiger partial charge < -0.3 is 14.7 Å². The molecule has 11 heteroatoms. The Balaban J connectivity index is 1.60. The van der Waals surface area contributed by atoms with Crippen molar-refractivity contribution in [3.63, 3.8) is 0 Å². The van der Waals surface area contributed by atoms with Crippen molar-refractivity contribution in [2.24, 2.45) is 11.3 Å². The Morgan fingerprint density at radius 2 is 1.52 bits per heavy atom. The summed E-state index contributed by atoms with van der Waals surface area (Å²) in [5.41, 5.74) is -1.99. The van der Waals surface area contributed by atoms with Gasteiger partial charge in [-0.05, 0) is 25.0 Å². The van der Waals surface area contributed by atoms with E-state index in [1.54, 1.807) is 14.7 Å². The fourth-order valence-corrected chi connectivity index (χ4v) is 4.34. The monoisotopic (exact) mass is 470 g/mol. The number of nitro groups is 1. The summed E-state index contributed by atoms with van der Waals surface area (Å²) in [5.74, 6) is -0.194. The minimum absolute atomic E-state index is 0.000531. The maximum Gasteiger partial charge on any atom is 0.416 e. The van der Waals surface area contributed by atoms with Gasteiger partial charge >= 0.3 is 6.18 Å². The van der Waals surface area contributed by atoms with Crippen molar-refractivity contribution in [3.8, 4) is 0 Å². The van der Waals surface area contributed by atoms with Gasteiger partial charge in [0.2, 0.25) is 11.8 Å². The SMILES string of the molecule is CC(C)(C)C(=O)N1CCN(C(=O)C2CCN(c3ccc(C(F)(F)F)cc3[N+](=O)[O-])CC2)CC1. The molecule has 0 spiro atoms. The Hall–Kier alpha value is -2.85. The zero-order valence-corrected chi connectivity index (χ0v) is 19.0. The number of nitro benzene ring substituents is 1. The van der Waals surface area contributed by atoms with Crippen molar-refractivity contribution in [3.05, 3.63) is 33.9 Å². The van der Waals surface area contributed by atoms with Crippen molar-refractivity contribution in [1.82, 2.24) is 9.80 Å². The highest BCUT2D eigenvalue weighted by Crippen LogP contribution is 2.38. The van der Waals surface area contributed by atoms with Gasteiger partial charge in [-0.15, -0.1) is 0 Å². The number of carbonyl (C=O) groups is 2. The second-order valence-corrected chi connectivity index (χ2v) is 9.59. The van der Waals surface area contributed by atoms with Crippen molar-refractivity contribution >= 4 is 23.2 Å². The lowest BCUT2D eigenvalue weighted by molar-refractivity contribution is -0.384. The van der Waals surface area contributed by atoms with Crippen LogP contribution in [-0.4, -0.2) is 65.8 Å². The Morgan fingerprint density at radius 1 is 0.970 bits per heavy atom. The molecule has 0 radical (unpaired) electrons. The molecule has 8 nitrogen and oxygen atoms in total. The molecule has 3 rings (SSSR count). The zero-order valence-electron chi connectivity index (χ0n) is 19.0. The van der Waals surface area contributed by atoms with Gasteiger partial charge in [-0.25, -0.2) is 0 Å². The molecule has 0 bridgehead atoms. The first-order chi connectivity index (χ1) is 15.3. The maximum absolute atomic E-state index is 13.0. The summed E-state index contributed by atoms with van der Waals surface area (Å²) < 4.78 is 38.8. The third-order valence-corrected chi connectivity index (χ3v) is 6.20. The second kappa shape index (κ2) is 9.18. The molecule has 2 aliphatic heterocycles. The summed E-state index contributed by atoms with van der Waals surface area (Å²) in [7, 11) is 0. The molecule has 2 saturated heterocycles. The number of piperazine rings is 1. The highest BCUT2D eigenvalue weighted by atomic mass is 19.4. The van der Waals surface area contributed by atoms with E-state index >= 15 is 0 Å². The van der Waals surface area contributed by atoms with Crippen LogP contribution in [0, 0.1) is 21.4 Å². The van der Waals surface area contributed by atoms with Crippen LogP contribution in [0.3, 0.4) is 0 Å². The van der Waals surface area contributed by atoms with E-state index in [2.05, 4.69) is 0 Å². The van der Waals surface area contributed by atoms with Crippen LogP contribution in [0.25, 0.3) is 0 Å². The fraction of sp³-hybridized carbons (Fsp3) is 0.636. The molecule has 0 aliphatic carbocycles. The van der Waals surface area contributed by atoms with Crippen molar-refractivity contribution < 1.29 is 27.7 Å². The van der Waals surface area contributed by atoms with Gasteiger partial charge in [0.15, 0.2) is 0 Å². The molecular weight excluding hydrogens is 441 g/mol. The smallest absolute Gasteiger partial charge is 0.366 e. The standard InChI is InChI=1S/C22H29F3N4O4/c1-21(2,3)20(31)28-12-10-27(11-13-28)19(30)15-6-8-26(9-7-15)17-5-4-16(22(23,24)25)14-18(17)29(32)33/h4-5,14-15H,6-13H2,1-3H3. The van der Waals surface area contributed by atoms with E-state index in [0.29, 0.717) is 58.2 Å². The first-order valence-electron chi connectivity index (χ1n) is 11.0. The molecule has 1 aromatic rings. The molecule has 0 unspecified atom stereocenters. The zero-order chi connectivity index (χ0) is 24.6. The first kappa shape index (κ1) is 24.8. The normalized spacial score (nSPS) is 18.4. The molecule has 1 aromatic carbocycles. The maximum atomic E-state index is 13.0. The Bertz CT molecular complexity index is 913. The Morgan fingerprint density at radius 3 is 2.00 bits per heavy atom. The quantitative estimate of drug-likeness (QED) is 0.498. The number of hydrogen-bond donors (Lipinski definition) is 0. The number of rotatable bonds is 3. The third kappa shape index (κ3) is 5.56. The van der Waals surface area contributed by atoms with Gasteiger partial charge in [0.05, 0.1) is 10.5 Å². The number of hydrogen-bond acceptors (Lipinski definition) is 5. The van der Waals surface area contributed by atoms with E-state index in [-0.39, 0.29) is 23.4 Å². The number of amides is 2. The predicted octanol–water partition coefficient (Wildman–Crippen LogP) is 3.55. The third-order valence-electron chi connectivity index (χ3n) is 6.20. The lowest BCUT2D eigenvalue weighted by atomic mass is 9.93. The fourth-order valence-electron chi connectivity index (χ4n) is 4.34. The molecule has 0 atom stereocenters. The van der Waals surface area contributed by atoms with Crippen LogP contribution in [0.2, 0.25) is 0 Å². The summed E-state index contributed by atoms with van der Waals surface area (Å²) in [6, 6.07) is 2.54. The molecule has 0 saturated carbocycles. The largest absolute Gasteiger partial charge is 0.416 e. The lowest BCUT2D eigenvalue weighted by Crippen LogP contribution is -2.54. The highest BCUT2D eigenvalue weighted by Gasteiger charge is 2.36. The predicted molar refractivity (Wildman–Crippen MR) is 116 cm³/mol. The second-order valence-electron chi connectivity index (χ2n) is 9.59. The molecule has 182 valence electrons. The number of alkyl halides is 3. The molecule has 33 heavy (non-hydrogen) atoms. The minimum Gasteiger partial charge on any atom is -0.366 e. The van der Waals surface area contributed by atoms with Crippen molar-refractivity contribution in [2.45, 2.75) is 39.8 Å². The number of piperidine rings is 1. The van der Waals surface area contributed by atoms with Crippen LogP contribution >= 0.6 is 0 Å². The molecule has 0 aromatic heterocycles. The van der Waals surface area contributed by atoms with E-state index in [9.17, 15) is 32.9 Å². The summed E-state index contributed by atoms with van der Waals surface area (Å²) in [6.07, 6.45) is -3.75. The van der Waals surface area contributed by atoms with Gasteiger partial charge in [-0.2, -0.15) is 13.2 Å². The topological polar surface area (TPSA) is 87.0 Å². The van der Waals surface area contributed by atoms with E-state index < -0.39 is 27.8 Å². The summed E-state index contributed by atoms with van der Waals surface area (Å²) in [4.78, 5) is 41.2. The van der Waals surface area contributed by atoms with Crippen LogP contribution < -0.4 is 4.90 Å². The van der Waals surface area contributed by atoms with Gasteiger partial charge in [-0.3, -0.25) is 19.7 Å². The van der Waals surface area contributed by atoms with Crippen LogP contribution in [0.15, 0.2) is 18.2 Å². The Kier molecular flexibility index (Phi) is 6.90. The first-order valence-corrected chi connectivity index (χ1v) is 11.0. The molecular formula is C22H29F3N4O4. The molecule has 2 heterocycles.